The van der Waals surface area contributed by atoms with E-state index in [1.54, 1.807) is 0 Å². The summed E-state index contributed by atoms with van der Waals surface area (Å²) in [6.45, 7) is 2.75. The zero-order valence-electron chi connectivity index (χ0n) is 11.6. The summed E-state index contributed by atoms with van der Waals surface area (Å²) in [5, 5.41) is 0. The maximum atomic E-state index is 12.2. The van der Waals surface area contributed by atoms with Gasteiger partial charge in [-0.2, -0.15) is 0 Å². The lowest BCUT2D eigenvalue weighted by Gasteiger charge is -2.21. The lowest BCUT2D eigenvalue weighted by molar-refractivity contribution is -0.134. The van der Waals surface area contributed by atoms with Crippen LogP contribution in [0.25, 0.3) is 0 Å². The lowest BCUT2D eigenvalue weighted by Crippen LogP contribution is -2.32. The Balaban J connectivity index is 0.00000180. The highest BCUT2D eigenvalue weighted by atomic mass is 35.5. The Kier molecular flexibility index (Phi) is 5.83. The second-order valence-corrected chi connectivity index (χ2v) is 5.45. The molecule has 2 unspecified atom stereocenters. The summed E-state index contributed by atoms with van der Waals surface area (Å²) in [7, 11) is 1.88. The Morgan fingerprint density at radius 1 is 1.32 bits per heavy atom. The van der Waals surface area contributed by atoms with Crippen molar-refractivity contribution in [1.29, 1.82) is 0 Å². The van der Waals surface area contributed by atoms with E-state index in [4.69, 9.17) is 5.73 Å². The molecule has 106 valence electrons. The molecular formula is C15H23ClN2O. The fourth-order valence-electron chi connectivity index (χ4n) is 2.60. The predicted octanol–water partition coefficient (Wildman–Crippen LogP) is 2.50. The van der Waals surface area contributed by atoms with Crippen molar-refractivity contribution in [3.8, 4) is 0 Å². The second-order valence-electron chi connectivity index (χ2n) is 5.45. The Labute approximate surface area is 121 Å². The predicted molar refractivity (Wildman–Crippen MR) is 80.2 cm³/mol. The van der Waals surface area contributed by atoms with Gasteiger partial charge in [0, 0.05) is 25.6 Å². The van der Waals surface area contributed by atoms with E-state index in [9.17, 15) is 4.79 Å². The maximum absolute atomic E-state index is 12.2. The summed E-state index contributed by atoms with van der Waals surface area (Å²) in [6, 6.07) is 8.55. The van der Waals surface area contributed by atoms with Gasteiger partial charge in [-0.1, -0.05) is 29.8 Å². The summed E-state index contributed by atoms with van der Waals surface area (Å²) in [5.74, 6) is 0.374. The average Bonchev–Trinajstić information content (AvgIpc) is 2.78. The molecule has 2 N–H and O–H groups in total. The van der Waals surface area contributed by atoms with Crippen LogP contribution in [0.5, 0.6) is 0 Å². The van der Waals surface area contributed by atoms with E-state index in [0.29, 0.717) is 6.54 Å². The number of carbonyl (C=O) groups excluding carboxylic acids is 1. The molecular weight excluding hydrogens is 260 g/mol. The molecule has 4 heteroatoms. The molecule has 0 aromatic heterocycles. The summed E-state index contributed by atoms with van der Waals surface area (Å²) >= 11 is 0. The van der Waals surface area contributed by atoms with E-state index in [-0.39, 0.29) is 30.3 Å². The number of hydrogen-bond donors (Lipinski definition) is 1. The van der Waals surface area contributed by atoms with Crippen LogP contribution in [0.3, 0.4) is 0 Å². The van der Waals surface area contributed by atoms with Crippen molar-refractivity contribution in [3.63, 3.8) is 0 Å². The number of benzene rings is 1. The molecule has 1 fully saturated rings. The van der Waals surface area contributed by atoms with Crippen molar-refractivity contribution < 1.29 is 4.79 Å². The van der Waals surface area contributed by atoms with Gasteiger partial charge in [-0.25, -0.2) is 0 Å². The minimum atomic E-state index is 0. The third-order valence-corrected chi connectivity index (χ3v) is 3.74. The lowest BCUT2D eigenvalue weighted by atomic mass is 10.1. The minimum absolute atomic E-state index is 0. The summed E-state index contributed by atoms with van der Waals surface area (Å²) < 4.78 is 0. The Hall–Kier alpha value is -1.06. The zero-order valence-corrected chi connectivity index (χ0v) is 12.5. The van der Waals surface area contributed by atoms with Gasteiger partial charge in [-0.05, 0) is 31.7 Å². The average molecular weight is 283 g/mol. The van der Waals surface area contributed by atoms with Crippen LogP contribution in [-0.4, -0.2) is 23.9 Å². The highest BCUT2D eigenvalue weighted by molar-refractivity contribution is 5.85. The van der Waals surface area contributed by atoms with Crippen molar-refractivity contribution in [2.24, 2.45) is 11.7 Å². The number of rotatable bonds is 3. The Bertz CT molecular complexity index is 419. The molecule has 2 atom stereocenters. The van der Waals surface area contributed by atoms with Crippen molar-refractivity contribution in [2.75, 3.05) is 7.05 Å². The van der Waals surface area contributed by atoms with Crippen LogP contribution >= 0.6 is 12.4 Å². The quantitative estimate of drug-likeness (QED) is 0.926. The van der Waals surface area contributed by atoms with Crippen molar-refractivity contribution in [3.05, 3.63) is 35.4 Å². The van der Waals surface area contributed by atoms with Crippen LogP contribution in [0.15, 0.2) is 24.3 Å². The monoisotopic (exact) mass is 282 g/mol. The van der Waals surface area contributed by atoms with Crippen molar-refractivity contribution >= 4 is 18.3 Å². The van der Waals surface area contributed by atoms with Gasteiger partial charge in [0.2, 0.25) is 5.91 Å². The zero-order chi connectivity index (χ0) is 13.1. The van der Waals surface area contributed by atoms with E-state index in [0.717, 1.165) is 19.3 Å². The van der Waals surface area contributed by atoms with Crippen LogP contribution < -0.4 is 5.73 Å². The Morgan fingerprint density at radius 3 is 2.47 bits per heavy atom. The number of hydrogen-bond acceptors (Lipinski definition) is 2. The van der Waals surface area contributed by atoms with Gasteiger partial charge < -0.3 is 10.6 Å². The largest absolute Gasteiger partial charge is 0.341 e. The number of amides is 1. The molecule has 2 rings (SSSR count). The van der Waals surface area contributed by atoms with Crippen LogP contribution in [0.4, 0.5) is 0 Å². The molecule has 1 aliphatic carbocycles. The van der Waals surface area contributed by atoms with Crippen molar-refractivity contribution in [1.82, 2.24) is 4.90 Å². The summed E-state index contributed by atoms with van der Waals surface area (Å²) in [5.41, 5.74) is 8.29. The topological polar surface area (TPSA) is 46.3 Å². The molecule has 3 nitrogen and oxygen atoms in total. The molecule has 1 aliphatic rings. The van der Waals surface area contributed by atoms with Gasteiger partial charge >= 0.3 is 0 Å². The molecule has 0 spiro atoms. The SMILES string of the molecule is Cc1ccc(CN(C)C(=O)C2CCC(N)C2)cc1.Cl. The fraction of sp³-hybridized carbons (Fsp3) is 0.533. The van der Waals surface area contributed by atoms with Gasteiger partial charge in [0.15, 0.2) is 0 Å². The fourth-order valence-corrected chi connectivity index (χ4v) is 2.60. The first kappa shape index (κ1) is 16.0. The van der Waals surface area contributed by atoms with Crippen LogP contribution in [0, 0.1) is 12.8 Å². The number of nitrogens with two attached hydrogens (primary N) is 1. The van der Waals surface area contributed by atoms with Crippen LogP contribution in [0.1, 0.15) is 30.4 Å². The molecule has 0 saturated heterocycles. The molecule has 0 heterocycles. The third-order valence-electron chi connectivity index (χ3n) is 3.74. The van der Waals surface area contributed by atoms with Gasteiger partial charge in [0.1, 0.15) is 0 Å². The Morgan fingerprint density at radius 2 is 1.95 bits per heavy atom. The number of aryl methyl sites for hydroxylation is 1. The maximum Gasteiger partial charge on any atom is 0.225 e. The van der Waals surface area contributed by atoms with Gasteiger partial charge in [0.25, 0.3) is 0 Å². The minimum Gasteiger partial charge on any atom is -0.341 e. The van der Waals surface area contributed by atoms with Gasteiger partial charge in [0.05, 0.1) is 0 Å². The van der Waals surface area contributed by atoms with Crippen molar-refractivity contribution in [2.45, 2.75) is 38.8 Å². The number of halogens is 1. The van der Waals surface area contributed by atoms with E-state index >= 15 is 0 Å². The number of nitrogens with zero attached hydrogens (tertiary/aromatic N) is 1. The van der Waals surface area contributed by atoms with Crippen LogP contribution in [0.2, 0.25) is 0 Å². The standard InChI is InChI=1S/C15H22N2O.ClH/c1-11-3-5-12(6-4-11)10-17(2)15(18)13-7-8-14(16)9-13;/h3-6,13-14H,7-10,16H2,1-2H3;1H. The van der Waals surface area contributed by atoms with Gasteiger partial charge in [-0.15, -0.1) is 12.4 Å². The smallest absolute Gasteiger partial charge is 0.225 e. The first-order chi connectivity index (χ1) is 8.56. The molecule has 0 aliphatic heterocycles. The van der Waals surface area contributed by atoms with Gasteiger partial charge in [-0.3, -0.25) is 4.79 Å². The van der Waals surface area contributed by atoms with Crippen LogP contribution in [-0.2, 0) is 11.3 Å². The molecule has 19 heavy (non-hydrogen) atoms. The molecule has 1 aromatic carbocycles. The molecule has 1 aromatic rings. The highest BCUT2D eigenvalue weighted by Gasteiger charge is 2.29. The molecule has 0 bridgehead atoms. The highest BCUT2D eigenvalue weighted by Crippen LogP contribution is 2.26. The number of carbonyl (C=O) groups is 1. The van der Waals surface area contributed by atoms with E-state index in [1.165, 1.54) is 11.1 Å². The molecule has 1 saturated carbocycles. The summed E-state index contributed by atoms with van der Waals surface area (Å²) in [6.07, 6.45) is 2.77. The second kappa shape index (κ2) is 6.92. The normalized spacial score (nSPS) is 21.8. The molecule has 0 radical (unpaired) electrons. The third kappa shape index (κ3) is 4.22. The van der Waals surface area contributed by atoms with E-state index < -0.39 is 0 Å². The first-order valence-electron chi connectivity index (χ1n) is 6.62. The first-order valence-corrected chi connectivity index (χ1v) is 6.62. The van der Waals surface area contributed by atoms with E-state index in [2.05, 4.69) is 31.2 Å². The van der Waals surface area contributed by atoms with E-state index in [1.807, 2.05) is 11.9 Å². The summed E-state index contributed by atoms with van der Waals surface area (Å²) in [4.78, 5) is 14.1. The molecule has 1 amide bonds.